The second-order valence-corrected chi connectivity index (χ2v) is 17.2. The van der Waals surface area contributed by atoms with Crippen molar-refractivity contribution in [2.75, 3.05) is 13.2 Å². The van der Waals surface area contributed by atoms with Crippen LogP contribution in [0.5, 0.6) is 0 Å². The predicted molar refractivity (Wildman–Crippen MR) is 224 cm³/mol. The molecule has 0 amide bonds. The Labute approximate surface area is 329 Å². The fraction of sp³-hybridized carbons (Fsp3) is 0.936. The summed E-state index contributed by atoms with van der Waals surface area (Å²) in [7, 11) is 0. The van der Waals surface area contributed by atoms with E-state index in [0.29, 0.717) is 19.3 Å². The van der Waals surface area contributed by atoms with Gasteiger partial charge in [0, 0.05) is 19.3 Å². The van der Waals surface area contributed by atoms with Gasteiger partial charge >= 0.3 is 17.9 Å². The van der Waals surface area contributed by atoms with Crippen molar-refractivity contribution >= 4 is 17.9 Å². The van der Waals surface area contributed by atoms with Crippen molar-refractivity contribution in [2.24, 2.45) is 17.8 Å². The van der Waals surface area contributed by atoms with E-state index >= 15 is 0 Å². The molecular formula is C47H90O6. The van der Waals surface area contributed by atoms with Gasteiger partial charge in [0.25, 0.3) is 0 Å². The molecule has 314 valence electrons. The van der Waals surface area contributed by atoms with Crippen molar-refractivity contribution < 1.29 is 28.6 Å². The molecule has 0 saturated carbocycles. The molecule has 0 aliphatic heterocycles. The molecule has 0 aliphatic carbocycles. The maximum absolute atomic E-state index is 12.7. The van der Waals surface area contributed by atoms with E-state index in [1.165, 1.54) is 128 Å². The van der Waals surface area contributed by atoms with Crippen LogP contribution in [0.25, 0.3) is 0 Å². The van der Waals surface area contributed by atoms with Gasteiger partial charge in [0.2, 0.25) is 0 Å². The summed E-state index contributed by atoms with van der Waals surface area (Å²) in [5, 5.41) is 0. The van der Waals surface area contributed by atoms with Gasteiger partial charge in [0.15, 0.2) is 6.10 Å². The minimum absolute atomic E-state index is 0.0675. The predicted octanol–water partition coefficient (Wildman–Crippen LogP) is 14.4. The summed E-state index contributed by atoms with van der Waals surface area (Å²) in [6, 6.07) is 0. The smallest absolute Gasteiger partial charge is 0.306 e. The van der Waals surface area contributed by atoms with Gasteiger partial charge < -0.3 is 14.2 Å². The van der Waals surface area contributed by atoms with Crippen LogP contribution in [0.2, 0.25) is 0 Å². The third-order valence-corrected chi connectivity index (χ3v) is 10.8. The molecule has 2 atom stereocenters. The number of ether oxygens (including phenoxy) is 3. The number of hydrogen-bond donors (Lipinski definition) is 0. The van der Waals surface area contributed by atoms with Crippen LogP contribution in [-0.4, -0.2) is 37.2 Å². The molecule has 0 bridgehead atoms. The zero-order chi connectivity index (χ0) is 39.2. The monoisotopic (exact) mass is 751 g/mol. The molecule has 0 aromatic carbocycles. The van der Waals surface area contributed by atoms with Crippen LogP contribution in [0.4, 0.5) is 0 Å². The van der Waals surface area contributed by atoms with E-state index in [4.69, 9.17) is 14.2 Å². The van der Waals surface area contributed by atoms with Crippen molar-refractivity contribution in [1.29, 1.82) is 0 Å². The van der Waals surface area contributed by atoms with Gasteiger partial charge in [-0.1, -0.05) is 208 Å². The Morgan fingerprint density at radius 2 is 0.660 bits per heavy atom. The molecule has 0 fully saturated rings. The maximum atomic E-state index is 12.7. The van der Waals surface area contributed by atoms with Crippen LogP contribution < -0.4 is 0 Å². The topological polar surface area (TPSA) is 78.9 Å². The average Bonchev–Trinajstić information content (AvgIpc) is 3.12. The van der Waals surface area contributed by atoms with Crippen LogP contribution in [0.3, 0.4) is 0 Å². The number of carbonyl (C=O) groups is 3. The lowest BCUT2D eigenvalue weighted by Crippen LogP contribution is -2.30. The highest BCUT2D eigenvalue weighted by Crippen LogP contribution is 2.17. The molecule has 0 N–H and O–H groups in total. The Morgan fingerprint density at radius 3 is 0.981 bits per heavy atom. The summed E-state index contributed by atoms with van der Waals surface area (Å²) >= 11 is 0. The van der Waals surface area contributed by atoms with Crippen molar-refractivity contribution in [3.63, 3.8) is 0 Å². The van der Waals surface area contributed by atoms with Crippen molar-refractivity contribution in [2.45, 2.75) is 253 Å². The van der Waals surface area contributed by atoms with Gasteiger partial charge in [0.05, 0.1) is 0 Å². The first kappa shape index (κ1) is 51.4. The molecule has 0 radical (unpaired) electrons. The summed E-state index contributed by atoms with van der Waals surface area (Å²) in [4.78, 5) is 37.7. The van der Waals surface area contributed by atoms with Crippen LogP contribution in [-0.2, 0) is 28.6 Å². The van der Waals surface area contributed by atoms with Gasteiger partial charge in [0.1, 0.15) is 13.2 Å². The van der Waals surface area contributed by atoms with Gasteiger partial charge in [-0.25, -0.2) is 0 Å². The Balaban J connectivity index is 4.31. The van der Waals surface area contributed by atoms with E-state index in [9.17, 15) is 14.4 Å². The van der Waals surface area contributed by atoms with E-state index in [2.05, 4.69) is 41.5 Å². The second-order valence-electron chi connectivity index (χ2n) is 17.2. The minimum atomic E-state index is -0.762. The Bertz CT molecular complexity index is 824. The molecule has 0 spiro atoms. The van der Waals surface area contributed by atoms with Gasteiger partial charge in [-0.15, -0.1) is 0 Å². The lowest BCUT2D eigenvalue weighted by molar-refractivity contribution is -0.167. The summed E-state index contributed by atoms with van der Waals surface area (Å²) in [6.45, 7) is 13.6. The number of rotatable bonds is 40. The Kier molecular flexibility index (Phi) is 37.5. The molecule has 1 unspecified atom stereocenters. The third-order valence-electron chi connectivity index (χ3n) is 10.8. The molecule has 0 rings (SSSR count). The van der Waals surface area contributed by atoms with E-state index in [1.54, 1.807) is 0 Å². The Hall–Kier alpha value is -1.59. The highest BCUT2D eigenvalue weighted by atomic mass is 16.6. The fourth-order valence-electron chi connectivity index (χ4n) is 6.85. The first-order valence-corrected chi connectivity index (χ1v) is 23.1. The van der Waals surface area contributed by atoms with Crippen LogP contribution in [0.15, 0.2) is 0 Å². The van der Waals surface area contributed by atoms with Crippen LogP contribution >= 0.6 is 0 Å². The van der Waals surface area contributed by atoms with Crippen LogP contribution in [0, 0.1) is 17.8 Å². The third kappa shape index (κ3) is 39.9. The lowest BCUT2D eigenvalue weighted by atomic mass is 10.00. The molecule has 0 saturated heterocycles. The lowest BCUT2D eigenvalue weighted by Gasteiger charge is -2.18. The molecule has 0 aliphatic rings. The number of unbranched alkanes of at least 4 members (excludes halogenated alkanes) is 22. The maximum Gasteiger partial charge on any atom is 0.306 e. The van der Waals surface area contributed by atoms with Gasteiger partial charge in [-0.3, -0.25) is 14.4 Å². The number of hydrogen-bond acceptors (Lipinski definition) is 6. The van der Waals surface area contributed by atoms with Crippen LogP contribution in [0.1, 0.15) is 247 Å². The highest BCUT2D eigenvalue weighted by Gasteiger charge is 2.19. The van der Waals surface area contributed by atoms with E-state index in [-0.39, 0.29) is 31.1 Å². The normalized spacial score (nSPS) is 12.7. The second kappa shape index (κ2) is 38.7. The highest BCUT2D eigenvalue weighted by molar-refractivity contribution is 5.71. The van der Waals surface area contributed by atoms with E-state index in [1.807, 2.05) is 0 Å². The standard InChI is InChI=1S/C47H90O6/c1-7-43(6)35-29-23-18-20-25-31-37-46(49)52-40-44(39-51-45(48)36-30-24-19-17-22-28-34-42(4)5)53-47(50)38-32-26-16-14-12-10-8-9-11-13-15-21-27-33-41(2)3/h41-44H,7-40H2,1-6H3/t43?,44-/m0/s1. The molecule has 53 heavy (non-hydrogen) atoms. The summed E-state index contributed by atoms with van der Waals surface area (Å²) in [6.07, 6.45) is 35.3. The molecule has 0 aromatic heterocycles. The van der Waals surface area contributed by atoms with Crippen molar-refractivity contribution in [3.05, 3.63) is 0 Å². The number of esters is 3. The quantitative estimate of drug-likeness (QED) is 0.0352. The Morgan fingerprint density at radius 1 is 0.377 bits per heavy atom. The molecule has 0 heterocycles. The SMILES string of the molecule is CCC(C)CCCCCCCCC(=O)OC[C@H](COC(=O)CCCCCCCCC(C)C)OC(=O)CCCCCCCCCCCCCCCC(C)C. The summed E-state index contributed by atoms with van der Waals surface area (Å²) < 4.78 is 16.7. The zero-order valence-corrected chi connectivity index (χ0v) is 36.3. The largest absolute Gasteiger partial charge is 0.462 e. The molecule has 6 heteroatoms. The van der Waals surface area contributed by atoms with Crippen molar-refractivity contribution in [3.8, 4) is 0 Å². The summed E-state index contributed by atoms with van der Waals surface area (Å²) in [5.74, 6) is 1.55. The first-order valence-electron chi connectivity index (χ1n) is 23.1. The van der Waals surface area contributed by atoms with E-state index < -0.39 is 6.10 Å². The first-order chi connectivity index (χ1) is 25.6. The zero-order valence-electron chi connectivity index (χ0n) is 36.3. The molecule has 0 aromatic rings. The van der Waals surface area contributed by atoms with E-state index in [0.717, 1.165) is 75.5 Å². The average molecular weight is 751 g/mol. The van der Waals surface area contributed by atoms with Gasteiger partial charge in [-0.05, 0) is 37.0 Å². The summed E-state index contributed by atoms with van der Waals surface area (Å²) in [5.41, 5.74) is 0. The fourth-order valence-corrected chi connectivity index (χ4v) is 6.85. The van der Waals surface area contributed by atoms with Gasteiger partial charge in [-0.2, -0.15) is 0 Å². The minimum Gasteiger partial charge on any atom is -0.462 e. The number of carbonyl (C=O) groups excluding carboxylic acids is 3. The molecular weight excluding hydrogens is 661 g/mol. The molecule has 6 nitrogen and oxygen atoms in total. The van der Waals surface area contributed by atoms with Crippen molar-refractivity contribution in [1.82, 2.24) is 0 Å².